The van der Waals surface area contributed by atoms with Crippen LogP contribution < -0.4 is 4.74 Å². The number of nitrogens with zero attached hydrogens (tertiary/aromatic N) is 2. The van der Waals surface area contributed by atoms with Gasteiger partial charge in [0.2, 0.25) is 5.91 Å². The second kappa shape index (κ2) is 9.73. The summed E-state index contributed by atoms with van der Waals surface area (Å²) in [5, 5.41) is 0. The van der Waals surface area contributed by atoms with Crippen LogP contribution in [-0.4, -0.2) is 36.0 Å². The first-order chi connectivity index (χ1) is 15.1. The number of methoxy groups -OCH3 is 1. The third-order valence-corrected chi connectivity index (χ3v) is 5.81. The van der Waals surface area contributed by atoms with Crippen molar-refractivity contribution in [3.63, 3.8) is 0 Å². The third-order valence-electron chi connectivity index (χ3n) is 5.81. The van der Waals surface area contributed by atoms with E-state index in [-0.39, 0.29) is 17.6 Å². The molecule has 3 aromatic rings. The van der Waals surface area contributed by atoms with Gasteiger partial charge in [-0.1, -0.05) is 30.3 Å². The van der Waals surface area contributed by atoms with E-state index in [0.717, 1.165) is 54.1 Å². The van der Waals surface area contributed by atoms with E-state index in [2.05, 4.69) is 18.2 Å². The molecule has 160 valence electrons. The van der Waals surface area contributed by atoms with E-state index < -0.39 is 0 Å². The summed E-state index contributed by atoms with van der Waals surface area (Å²) in [4.78, 5) is 19.6. The van der Waals surface area contributed by atoms with Crippen molar-refractivity contribution in [1.82, 2.24) is 9.88 Å². The predicted octanol–water partition coefficient (Wildman–Crippen LogP) is 4.77. The maximum atomic E-state index is 13.1. The highest BCUT2D eigenvalue weighted by Gasteiger charge is 2.25. The first kappa shape index (κ1) is 21.0. The number of likely N-dealkylation sites (tertiary alicyclic amines) is 1. The van der Waals surface area contributed by atoms with Crippen molar-refractivity contribution in [2.45, 2.75) is 31.6 Å². The molecule has 0 aliphatic carbocycles. The molecule has 1 aliphatic heterocycles. The van der Waals surface area contributed by atoms with Crippen molar-refractivity contribution in [1.29, 1.82) is 0 Å². The molecule has 1 aliphatic rings. The van der Waals surface area contributed by atoms with Gasteiger partial charge in [0, 0.05) is 36.8 Å². The molecule has 4 rings (SSSR count). The average Bonchev–Trinajstić information content (AvgIpc) is 2.81. The molecule has 31 heavy (non-hydrogen) atoms. The van der Waals surface area contributed by atoms with Gasteiger partial charge in [-0.15, -0.1) is 0 Å². The fourth-order valence-electron chi connectivity index (χ4n) is 4.15. The minimum Gasteiger partial charge on any atom is -0.497 e. The zero-order valence-electron chi connectivity index (χ0n) is 17.8. The minimum atomic E-state index is -0.283. The molecular weight excluding hydrogens is 391 g/mol. The maximum Gasteiger partial charge on any atom is 0.227 e. The molecule has 1 fully saturated rings. The SMILES string of the molecule is COc1cccc(Cc2cccc(C3CCCN(C(=O)Cc4ccc(F)cc4)C3)n2)c1. The van der Waals surface area contributed by atoms with Crippen LogP contribution in [0.1, 0.15) is 41.3 Å². The largest absolute Gasteiger partial charge is 0.497 e. The molecule has 0 N–H and O–H groups in total. The first-order valence-corrected chi connectivity index (χ1v) is 10.7. The molecule has 0 radical (unpaired) electrons. The molecule has 2 aromatic carbocycles. The zero-order chi connectivity index (χ0) is 21.6. The smallest absolute Gasteiger partial charge is 0.227 e. The van der Waals surface area contributed by atoms with Gasteiger partial charge in [-0.05, 0) is 60.4 Å². The molecule has 2 heterocycles. The molecule has 1 unspecified atom stereocenters. The van der Waals surface area contributed by atoms with Crippen molar-refractivity contribution in [2.75, 3.05) is 20.2 Å². The Hall–Kier alpha value is -3.21. The molecule has 1 aromatic heterocycles. The Balaban J connectivity index is 1.42. The molecule has 1 atom stereocenters. The normalized spacial score (nSPS) is 16.2. The molecule has 0 bridgehead atoms. The predicted molar refractivity (Wildman–Crippen MR) is 119 cm³/mol. The third kappa shape index (κ3) is 5.48. The number of hydrogen-bond acceptors (Lipinski definition) is 3. The highest BCUT2D eigenvalue weighted by molar-refractivity contribution is 5.79. The summed E-state index contributed by atoms with van der Waals surface area (Å²) in [6, 6.07) is 20.4. The molecular formula is C26H27FN2O2. The van der Waals surface area contributed by atoms with Gasteiger partial charge in [0.1, 0.15) is 11.6 Å². The highest BCUT2D eigenvalue weighted by Crippen LogP contribution is 2.27. The van der Waals surface area contributed by atoms with Crippen LogP contribution in [0.15, 0.2) is 66.7 Å². The molecule has 0 saturated carbocycles. The Bertz CT molecular complexity index is 1040. The van der Waals surface area contributed by atoms with Gasteiger partial charge in [0.25, 0.3) is 0 Å². The van der Waals surface area contributed by atoms with Crippen LogP contribution in [0.25, 0.3) is 0 Å². The number of benzene rings is 2. The van der Waals surface area contributed by atoms with E-state index in [1.54, 1.807) is 19.2 Å². The average molecular weight is 419 g/mol. The van der Waals surface area contributed by atoms with Gasteiger partial charge in [0.15, 0.2) is 0 Å². The van der Waals surface area contributed by atoms with Crippen LogP contribution in [-0.2, 0) is 17.6 Å². The topological polar surface area (TPSA) is 42.4 Å². The Morgan fingerprint density at radius 2 is 1.90 bits per heavy atom. The van der Waals surface area contributed by atoms with Gasteiger partial charge in [0.05, 0.1) is 13.5 Å². The summed E-state index contributed by atoms with van der Waals surface area (Å²) < 4.78 is 18.4. The lowest BCUT2D eigenvalue weighted by molar-refractivity contribution is -0.131. The van der Waals surface area contributed by atoms with Crippen LogP contribution in [0.5, 0.6) is 5.75 Å². The summed E-state index contributed by atoms with van der Waals surface area (Å²) in [6.07, 6.45) is 3.03. The first-order valence-electron chi connectivity index (χ1n) is 10.7. The Morgan fingerprint density at radius 3 is 2.71 bits per heavy atom. The van der Waals surface area contributed by atoms with Gasteiger partial charge in [-0.2, -0.15) is 0 Å². The quantitative estimate of drug-likeness (QED) is 0.579. The summed E-state index contributed by atoms with van der Waals surface area (Å²) in [6.45, 7) is 1.44. The summed E-state index contributed by atoms with van der Waals surface area (Å²) >= 11 is 0. The molecule has 1 saturated heterocycles. The van der Waals surface area contributed by atoms with Crippen molar-refractivity contribution in [2.24, 2.45) is 0 Å². The summed E-state index contributed by atoms with van der Waals surface area (Å²) in [5.74, 6) is 0.880. The van der Waals surface area contributed by atoms with Crippen LogP contribution in [0, 0.1) is 5.82 Å². The van der Waals surface area contributed by atoms with Gasteiger partial charge in [-0.25, -0.2) is 4.39 Å². The van der Waals surface area contributed by atoms with Crippen molar-refractivity contribution in [3.8, 4) is 5.75 Å². The number of ether oxygens (including phenoxy) is 1. The van der Waals surface area contributed by atoms with E-state index in [4.69, 9.17) is 9.72 Å². The number of pyridine rings is 1. The second-order valence-electron chi connectivity index (χ2n) is 8.06. The van der Waals surface area contributed by atoms with Gasteiger partial charge in [-0.3, -0.25) is 9.78 Å². The number of carbonyl (C=O) groups excluding carboxylic acids is 1. The van der Waals surface area contributed by atoms with E-state index in [1.807, 2.05) is 29.2 Å². The molecule has 5 heteroatoms. The lowest BCUT2D eigenvalue weighted by Crippen LogP contribution is -2.40. The van der Waals surface area contributed by atoms with Crippen molar-refractivity contribution in [3.05, 3.63) is 95.1 Å². The Morgan fingerprint density at radius 1 is 1.10 bits per heavy atom. The van der Waals surface area contributed by atoms with Gasteiger partial charge < -0.3 is 9.64 Å². The van der Waals surface area contributed by atoms with Crippen LogP contribution >= 0.6 is 0 Å². The monoisotopic (exact) mass is 418 g/mol. The molecule has 4 nitrogen and oxygen atoms in total. The van der Waals surface area contributed by atoms with Crippen molar-refractivity contribution < 1.29 is 13.9 Å². The Labute approximate surface area is 182 Å². The number of aromatic nitrogens is 1. The number of piperidine rings is 1. The number of carbonyl (C=O) groups is 1. The van der Waals surface area contributed by atoms with E-state index in [0.29, 0.717) is 13.0 Å². The number of halogens is 1. The van der Waals surface area contributed by atoms with E-state index in [1.165, 1.54) is 12.1 Å². The minimum absolute atomic E-state index is 0.0869. The van der Waals surface area contributed by atoms with Crippen molar-refractivity contribution >= 4 is 5.91 Å². The zero-order valence-corrected chi connectivity index (χ0v) is 17.8. The summed E-state index contributed by atoms with van der Waals surface area (Å²) in [5.41, 5.74) is 4.05. The Kier molecular flexibility index (Phi) is 6.60. The highest BCUT2D eigenvalue weighted by atomic mass is 19.1. The fourth-order valence-corrected chi connectivity index (χ4v) is 4.15. The fraction of sp³-hybridized carbons (Fsp3) is 0.308. The van der Waals surface area contributed by atoms with Crippen LogP contribution in [0.4, 0.5) is 4.39 Å². The van der Waals surface area contributed by atoms with E-state index in [9.17, 15) is 9.18 Å². The van der Waals surface area contributed by atoms with Crippen LogP contribution in [0.3, 0.4) is 0 Å². The van der Waals surface area contributed by atoms with Gasteiger partial charge >= 0.3 is 0 Å². The lowest BCUT2D eigenvalue weighted by atomic mass is 9.93. The maximum absolute atomic E-state index is 13.1. The lowest BCUT2D eigenvalue weighted by Gasteiger charge is -2.32. The molecule has 0 spiro atoms. The van der Waals surface area contributed by atoms with E-state index >= 15 is 0 Å². The van der Waals surface area contributed by atoms with Crippen LogP contribution in [0.2, 0.25) is 0 Å². The molecule has 1 amide bonds. The number of rotatable bonds is 6. The number of amides is 1. The second-order valence-corrected chi connectivity index (χ2v) is 8.06. The number of hydrogen-bond donors (Lipinski definition) is 0. The standard InChI is InChI=1S/C26H27FN2O2/c1-31-24-8-2-5-20(16-24)15-23-7-3-9-25(28-23)21-6-4-14-29(18-21)26(30)17-19-10-12-22(27)13-11-19/h2-3,5,7-13,16,21H,4,6,14-15,17-18H2,1H3. The summed E-state index contributed by atoms with van der Waals surface area (Å²) in [7, 11) is 1.67.